The van der Waals surface area contributed by atoms with E-state index in [2.05, 4.69) is 10.6 Å². The minimum absolute atomic E-state index is 0.0661. The van der Waals surface area contributed by atoms with Gasteiger partial charge in [-0.3, -0.25) is 4.79 Å². The van der Waals surface area contributed by atoms with Crippen molar-refractivity contribution in [3.63, 3.8) is 0 Å². The maximum absolute atomic E-state index is 11.4. The summed E-state index contributed by atoms with van der Waals surface area (Å²) in [6.45, 7) is 1.85. The van der Waals surface area contributed by atoms with Crippen LogP contribution in [0, 0.1) is 0 Å². The van der Waals surface area contributed by atoms with Crippen LogP contribution < -0.4 is 10.6 Å². The Bertz CT molecular complexity index is 330. The number of hydrogen-bond donors (Lipinski definition) is 3. The number of carbonyl (C=O) groups excluding carboxylic acids is 1. The number of rotatable bonds is 9. The molecule has 1 rings (SSSR count). The molecule has 18 heavy (non-hydrogen) atoms. The van der Waals surface area contributed by atoms with Crippen LogP contribution in [-0.4, -0.2) is 44.4 Å². The normalized spacial score (nSPS) is 12.3. The van der Waals surface area contributed by atoms with Crippen LogP contribution in [0.2, 0.25) is 0 Å². The molecule has 0 aliphatic rings. The largest absolute Gasteiger partial charge is 0.387 e. The third-order valence-electron chi connectivity index (χ3n) is 2.40. The lowest BCUT2D eigenvalue weighted by atomic mass is 10.2. The molecule has 0 aliphatic heterocycles. The Morgan fingerprint density at radius 3 is 3.11 bits per heavy atom. The van der Waals surface area contributed by atoms with Gasteiger partial charge >= 0.3 is 0 Å². The number of aliphatic hydroxyl groups excluding tert-OH is 1. The van der Waals surface area contributed by atoms with E-state index in [1.54, 1.807) is 18.4 Å². The van der Waals surface area contributed by atoms with E-state index in [4.69, 9.17) is 4.74 Å². The molecule has 1 atom stereocenters. The lowest BCUT2D eigenvalue weighted by Gasteiger charge is -2.10. The number of hydrogen-bond acceptors (Lipinski definition) is 5. The lowest BCUT2D eigenvalue weighted by molar-refractivity contribution is -0.120. The van der Waals surface area contributed by atoms with E-state index in [1.165, 1.54) is 0 Å². The van der Waals surface area contributed by atoms with Gasteiger partial charge in [-0.15, -0.1) is 0 Å². The molecule has 0 spiro atoms. The van der Waals surface area contributed by atoms with Crippen molar-refractivity contribution in [1.82, 2.24) is 10.6 Å². The molecule has 1 heterocycles. The standard InChI is InChI=1S/C12H20N2O3S/c1-17-5-2-4-14-12(16)8-13-7-11(15)10-3-6-18-9-10/h3,6,9,11,13,15H,2,4-5,7-8H2,1H3,(H,14,16). The molecule has 0 saturated carbocycles. The first kappa shape index (κ1) is 15.1. The van der Waals surface area contributed by atoms with E-state index >= 15 is 0 Å². The molecule has 0 saturated heterocycles. The Morgan fingerprint density at radius 1 is 1.61 bits per heavy atom. The highest BCUT2D eigenvalue weighted by Crippen LogP contribution is 2.14. The summed E-state index contributed by atoms with van der Waals surface area (Å²) < 4.78 is 4.88. The van der Waals surface area contributed by atoms with Gasteiger partial charge < -0.3 is 20.5 Å². The van der Waals surface area contributed by atoms with Crippen molar-refractivity contribution in [2.24, 2.45) is 0 Å². The van der Waals surface area contributed by atoms with Gasteiger partial charge in [-0.05, 0) is 28.8 Å². The second-order valence-corrected chi connectivity index (χ2v) is 4.68. The van der Waals surface area contributed by atoms with Crippen molar-refractivity contribution < 1.29 is 14.6 Å². The van der Waals surface area contributed by atoms with Gasteiger partial charge in [-0.2, -0.15) is 11.3 Å². The van der Waals surface area contributed by atoms with Crippen LogP contribution in [-0.2, 0) is 9.53 Å². The molecule has 1 unspecified atom stereocenters. The fourth-order valence-corrected chi connectivity index (χ4v) is 2.12. The minimum atomic E-state index is -0.558. The Balaban J connectivity index is 2.05. The molecule has 0 fully saturated rings. The number of nitrogens with one attached hydrogen (secondary N) is 2. The van der Waals surface area contributed by atoms with E-state index in [0.717, 1.165) is 12.0 Å². The third-order valence-corrected chi connectivity index (χ3v) is 3.10. The molecule has 6 heteroatoms. The number of methoxy groups -OCH3 is 1. The number of thiophene rings is 1. The molecule has 102 valence electrons. The zero-order valence-corrected chi connectivity index (χ0v) is 11.3. The topological polar surface area (TPSA) is 70.6 Å². The lowest BCUT2D eigenvalue weighted by Crippen LogP contribution is -2.36. The van der Waals surface area contributed by atoms with Crippen molar-refractivity contribution in [3.05, 3.63) is 22.4 Å². The van der Waals surface area contributed by atoms with Crippen LogP contribution in [0.4, 0.5) is 0 Å². The van der Waals surface area contributed by atoms with Gasteiger partial charge in [0.15, 0.2) is 0 Å². The first-order valence-electron chi connectivity index (χ1n) is 5.90. The maximum Gasteiger partial charge on any atom is 0.233 e. The summed E-state index contributed by atoms with van der Waals surface area (Å²) in [4.78, 5) is 11.4. The van der Waals surface area contributed by atoms with Gasteiger partial charge in [-0.25, -0.2) is 0 Å². The number of amides is 1. The Morgan fingerprint density at radius 2 is 2.44 bits per heavy atom. The van der Waals surface area contributed by atoms with Crippen molar-refractivity contribution in [1.29, 1.82) is 0 Å². The summed E-state index contributed by atoms with van der Waals surface area (Å²) in [6, 6.07) is 1.88. The first-order chi connectivity index (χ1) is 8.74. The SMILES string of the molecule is COCCCNC(=O)CNCC(O)c1ccsc1. The molecule has 3 N–H and O–H groups in total. The molecule has 1 amide bonds. The zero-order chi connectivity index (χ0) is 13.2. The molecule has 0 aromatic carbocycles. The average Bonchev–Trinajstić information content (AvgIpc) is 2.88. The Kier molecular flexibility index (Phi) is 7.59. The van der Waals surface area contributed by atoms with Crippen LogP contribution in [0.15, 0.2) is 16.8 Å². The highest BCUT2D eigenvalue weighted by Gasteiger charge is 2.08. The second-order valence-electron chi connectivity index (χ2n) is 3.90. The van der Waals surface area contributed by atoms with Crippen LogP contribution in [0.3, 0.4) is 0 Å². The Hall–Kier alpha value is -0.950. The van der Waals surface area contributed by atoms with Gasteiger partial charge in [0.25, 0.3) is 0 Å². The predicted molar refractivity (Wildman–Crippen MR) is 71.7 cm³/mol. The first-order valence-corrected chi connectivity index (χ1v) is 6.85. The average molecular weight is 272 g/mol. The number of ether oxygens (including phenoxy) is 1. The van der Waals surface area contributed by atoms with Crippen LogP contribution in [0.25, 0.3) is 0 Å². The molecule has 0 radical (unpaired) electrons. The predicted octanol–water partition coefficient (Wildman–Crippen LogP) is 0.524. The maximum atomic E-state index is 11.4. The molecule has 1 aromatic heterocycles. The minimum Gasteiger partial charge on any atom is -0.387 e. The zero-order valence-electron chi connectivity index (χ0n) is 10.5. The van der Waals surface area contributed by atoms with Crippen LogP contribution in [0.1, 0.15) is 18.1 Å². The smallest absolute Gasteiger partial charge is 0.233 e. The summed E-state index contributed by atoms with van der Waals surface area (Å²) >= 11 is 1.54. The summed E-state index contributed by atoms with van der Waals surface area (Å²) in [7, 11) is 1.63. The summed E-state index contributed by atoms with van der Waals surface area (Å²) in [5, 5.41) is 19.3. The molecule has 0 aliphatic carbocycles. The highest BCUT2D eigenvalue weighted by molar-refractivity contribution is 7.07. The highest BCUT2D eigenvalue weighted by atomic mass is 32.1. The van der Waals surface area contributed by atoms with E-state index in [1.807, 2.05) is 16.8 Å². The fraction of sp³-hybridized carbons (Fsp3) is 0.583. The fourth-order valence-electron chi connectivity index (χ4n) is 1.41. The monoisotopic (exact) mass is 272 g/mol. The molecule has 5 nitrogen and oxygen atoms in total. The van der Waals surface area contributed by atoms with E-state index < -0.39 is 6.10 Å². The molecular formula is C12H20N2O3S. The van der Waals surface area contributed by atoms with Gasteiger partial charge in [0.2, 0.25) is 5.91 Å². The van der Waals surface area contributed by atoms with Crippen molar-refractivity contribution in [2.45, 2.75) is 12.5 Å². The number of aliphatic hydroxyl groups is 1. The van der Waals surface area contributed by atoms with Crippen molar-refractivity contribution >= 4 is 17.2 Å². The summed E-state index contributed by atoms with van der Waals surface area (Å²) in [5.41, 5.74) is 0.882. The number of carbonyl (C=O) groups is 1. The van der Waals surface area contributed by atoms with Gasteiger partial charge in [0.1, 0.15) is 0 Å². The van der Waals surface area contributed by atoms with Gasteiger partial charge in [0.05, 0.1) is 12.6 Å². The van der Waals surface area contributed by atoms with E-state index in [-0.39, 0.29) is 12.5 Å². The van der Waals surface area contributed by atoms with Crippen molar-refractivity contribution in [3.8, 4) is 0 Å². The third kappa shape index (κ3) is 6.11. The van der Waals surface area contributed by atoms with Crippen molar-refractivity contribution in [2.75, 3.05) is 33.4 Å². The summed E-state index contributed by atoms with van der Waals surface area (Å²) in [5.74, 6) is -0.0661. The van der Waals surface area contributed by atoms with Gasteiger partial charge in [0, 0.05) is 26.8 Å². The Labute approximate surface area is 111 Å². The van der Waals surface area contributed by atoms with Gasteiger partial charge in [-0.1, -0.05) is 0 Å². The molecule has 1 aromatic rings. The molecular weight excluding hydrogens is 252 g/mol. The van der Waals surface area contributed by atoms with E-state index in [9.17, 15) is 9.90 Å². The van der Waals surface area contributed by atoms with Crippen LogP contribution >= 0.6 is 11.3 Å². The van der Waals surface area contributed by atoms with Crippen LogP contribution in [0.5, 0.6) is 0 Å². The molecule has 0 bridgehead atoms. The van der Waals surface area contributed by atoms with E-state index in [0.29, 0.717) is 19.7 Å². The quantitative estimate of drug-likeness (QED) is 0.573. The second kappa shape index (κ2) is 9.04. The summed E-state index contributed by atoms with van der Waals surface area (Å²) in [6.07, 6.45) is 0.247.